The van der Waals surface area contributed by atoms with Crippen molar-refractivity contribution in [3.8, 4) is 0 Å². The average molecular weight is 418 g/mol. The van der Waals surface area contributed by atoms with Crippen LogP contribution in [0.2, 0.25) is 0 Å². The highest BCUT2D eigenvalue weighted by Crippen LogP contribution is 2.44. The maximum Gasteiger partial charge on any atom is 0.249 e. The van der Waals surface area contributed by atoms with E-state index in [1.165, 1.54) is 25.7 Å². The van der Waals surface area contributed by atoms with Crippen LogP contribution in [0.25, 0.3) is 0 Å². The van der Waals surface area contributed by atoms with Gasteiger partial charge in [0.15, 0.2) is 0 Å². The molecule has 4 heteroatoms. The number of unbranched alkanes of at least 4 members (excludes halogenated alkanes) is 4. The second-order valence-electron chi connectivity index (χ2n) is 7.92. The summed E-state index contributed by atoms with van der Waals surface area (Å²) in [6.45, 7) is 2.23. The van der Waals surface area contributed by atoms with E-state index < -0.39 is 12.0 Å². The van der Waals surface area contributed by atoms with Gasteiger partial charge >= 0.3 is 0 Å². The molecule has 1 fully saturated rings. The van der Waals surface area contributed by atoms with E-state index >= 15 is 0 Å². The topological polar surface area (TPSA) is 30.9 Å². The van der Waals surface area contributed by atoms with Crippen molar-refractivity contribution < 1.29 is 14.6 Å². The molecule has 1 unspecified atom stereocenters. The van der Waals surface area contributed by atoms with E-state index in [0.29, 0.717) is 0 Å². The molecule has 0 amide bonds. The first-order valence-corrected chi connectivity index (χ1v) is 11.3. The highest BCUT2D eigenvalue weighted by molar-refractivity contribution is 5.52. The fraction of sp³-hybridized carbons (Fsp3) is 0.333. The molecule has 0 aromatic heterocycles. The largest absolute Gasteiger partial charge is 0.249 e. The molecule has 162 valence electrons. The lowest BCUT2D eigenvalue weighted by atomic mass is 9.93. The lowest BCUT2D eigenvalue weighted by Gasteiger charge is -2.47. The third-order valence-electron chi connectivity index (χ3n) is 5.65. The molecule has 1 aliphatic rings. The molecule has 0 aliphatic carbocycles. The Balaban J connectivity index is 1.68. The van der Waals surface area contributed by atoms with Crippen LogP contribution in [-0.2, 0) is 20.3 Å². The molecule has 4 nitrogen and oxygen atoms in total. The zero-order valence-corrected chi connectivity index (χ0v) is 18.2. The predicted octanol–water partition coefficient (Wildman–Crippen LogP) is 6.97. The minimum atomic E-state index is -1.05. The van der Waals surface area contributed by atoms with Gasteiger partial charge in [0, 0.05) is 17.5 Å². The lowest BCUT2D eigenvalue weighted by Crippen LogP contribution is -2.55. The Bertz CT molecular complexity index is 862. The van der Waals surface area contributed by atoms with E-state index in [0.717, 1.165) is 29.7 Å². The Kier molecular flexibility index (Phi) is 7.36. The summed E-state index contributed by atoms with van der Waals surface area (Å²) in [5.41, 5.74) is 1.73. The van der Waals surface area contributed by atoms with Gasteiger partial charge in [0.1, 0.15) is 0 Å². The number of hydroxylamine groups is 1. The van der Waals surface area contributed by atoms with Crippen molar-refractivity contribution in [1.29, 1.82) is 0 Å². The van der Waals surface area contributed by atoms with Gasteiger partial charge < -0.3 is 0 Å². The van der Waals surface area contributed by atoms with Crippen molar-refractivity contribution in [2.75, 3.05) is 5.06 Å². The fourth-order valence-electron chi connectivity index (χ4n) is 4.01. The Morgan fingerprint density at radius 1 is 0.710 bits per heavy atom. The van der Waals surface area contributed by atoms with Crippen LogP contribution in [0.3, 0.4) is 0 Å². The Hall–Kier alpha value is -2.66. The third kappa shape index (κ3) is 4.82. The lowest BCUT2D eigenvalue weighted by molar-refractivity contribution is -0.475. The molecule has 0 N–H and O–H groups in total. The zero-order valence-electron chi connectivity index (χ0n) is 18.2. The first-order valence-electron chi connectivity index (χ1n) is 11.3. The Morgan fingerprint density at radius 2 is 1.26 bits per heavy atom. The van der Waals surface area contributed by atoms with Crippen LogP contribution in [0.15, 0.2) is 91.0 Å². The maximum absolute atomic E-state index is 6.49. The molecule has 0 radical (unpaired) electrons. The van der Waals surface area contributed by atoms with E-state index in [4.69, 9.17) is 14.6 Å². The Morgan fingerprint density at radius 3 is 1.84 bits per heavy atom. The summed E-state index contributed by atoms with van der Waals surface area (Å²) in [4.78, 5) is 18.7. The van der Waals surface area contributed by atoms with Crippen LogP contribution in [0.1, 0.15) is 56.6 Å². The molecule has 1 atom stereocenters. The van der Waals surface area contributed by atoms with E-state index in [1.54, 1.807) is 0 Å². The molecule has 31 heavy (non-hydrogen) atoms. The van der Waals surface area contributed by atoms with Gasteiger partial charge in [-0.3, -0.25) is 0 Å². The smallest absolute Gasteiger partial charge is 0.235 e. The van der Waals surface area contributed by atoms with Crippen molar-refractivity contribution in [2.24, 2.45) is 0 Å². The standard InChI is InChI=1S/C27H31NO3/c1-2-3-4-5-15-22-26-29-28(25-20-13-8-14-21-25)27(31-30-26,23-16-9-6-10-17-23)24-18-11-7-12-19-24/h6-14,16-21,26H,2-5,15,22H2,1H3. The normalized spacial score (nSPS) is 18.1. The molecule has 1 saturated heterocycles. The van der Waals surface area contributed by atoms with Gasteiger partial charge in [-0.25, -0.2) is 9.90 Å². The first-order chi connectivity index (χ1) is 15.3. The van der Waals surface area contributed by atoms with Crippen molar-refractivity contribution in [3.05, 3.63) is 102 Å². The van der Waals surface area contributed by atoms with E-state index in [1.807, 2.05) is 96.1 Å². The van der Waals surface area contributed by atoms with Gasteiger partial charge in [-0.1, -0.05) is 111 Å². The number of hydrogen-bond donors (Lipinski definition) is 0. The maximum atomic E-state index is 6.49. The summed E-state index contributed by atoms with van der Waals surface area (Å²) in [6.07, 6.45) is 6.28. The van der Waals surface area contributed by atoms with Crippen LogP contribution in [0.4, 0.5) is 5.69 Å². The summed E-state index contributed by atoms with van der Waals surface area (Å²) in [5.74, 6) is 0. The van der Waals surface area contributed by atoms with Gasteiger partial charge in [-0.05, 0) is 18.6 Å². The van der Waals surface area contributed by atoms with E-state index in [9.17, 15) is 0 Å². The van der Waals surface area contributed by atoms with Crippen molar-refractivity contribution >= 4 is 5.69 Å². The number of nitrogens with zero attached hydrogens (tertiary/aromatic N) is 1. The highest BCUT2D eigenvalue weighted by atomic mass is 17.3. The van der Waals surface area contributed by atoms with Crippen LogP contribution in [0, 0.1) is 0 Å². The monoisotopic (exact) mass is 417 g/mol. The molecular weight excluding hydrogens is 386 g/mol. The molecule has 3 aromatic carbocycles. The number of para-hydroxylation sites is 1. The van der Waals surface area contributed by atoms with Gasteiger partial charge in [-0.15, -0.1) is 0 Å². The molecule has 1 heterocycles. The minimum Gasteiger partial charge on any atom is -0.235 e. The fourth-order valence-corrected chi connectivity index (χ4v) is 4.01. The second-order valence-corrected chi connectivity index (χ2v) is 7.92. The van der Waals surface area contributed by atoms with Crippen LogP contribution in [-0.4, -0.2) is 6.29 Å². The SMILES string of the molecule is CCCCCCCC1OOC(c2ccccc2)(c2ccccc2)N(c2ccccc2)O1. The van der Waals surface area contributed by atoms with Gasteiger partial charge in [0.05, 0.1) is 5.69 Å². The molecule has 0 bridgehead atoms. The molecule has 0 spiro atoms. The predicted molar refractivity (Wildman–Crippen MR) is 123 cm³/mol. The van der Waals surface area contributed by atoms with Crippen LogP contribution >= 0.6 is 0 Å². The number of anilines is 1. The van der Waals surface area contributed by atoms with Gasteiger partial charge in [-0.2, -0.15) is 9.78 Å². The number of rotatable bonds is 9. The quantitative estimate of drug-likeness (QED) is 0.278. The van der Waals surface area contributed by atoms with E-state index in [2.05, 4.69) is 6.92 Å². The Labute approximate surface area is 185 Å². The summed E-state index contributed by atoms with van der Waals surface area (Å²) < 4.78 is 0. The van der Waals surface area contributed by atoms with Gasteiger partial charge in [0.2, 0.25) is 12.0 Å². The summed E-state index contributed by atoms with van der Waals surface area (Å²) in [6, 6.07) is 30.3. The van der Waals surface area contributed by atoms with Crippen LogP contribution < -0.4 is 5.06 Å². The number of benzene rings is 3. The summed E-state index contributed by atoms with van der Waals surface area (Å²) >= 11 is 0. The molecule has 3 aromatic rings. The molecule has 0 saturated carbocycles. The van der Waals surface area contributed by atoms with Crippen molar-refractivity contribution in [1.82, 2.24) is 0 Å². The molecule has 1 aliphatic heterocycles. The minimum absolute atomic E-state index is 0.456. The second kappa shape index (κ2) is 10.6. The molecule has 4 rings (SSSR count). The average Bonchev–Trinajstić information content (AvgIpc) is 2.85. The summed E-state index contributed by atoms with van der Waals surface area (Å²) in [5, 5.41) is 1.87. The van der Waals surface area contributed by atoms with Crippen molar-refractivity contribution in [3.63, 3.8) is 0 Å². The van der Waals surface area contributed by atoms with Crippen molar-refractivity contribution in [2.45, 2.75) is 57.5 Å². The zero-order chi connectivity index (χ0) is 21.4. The summed E-state index contributed by atoms with van der Waals surface area (Å²) in [7, 11) is 0. The first kappa shape index (κ1) is 21.6. The van der Waals surface area contributed by atoms with Gasteiger partial charge in [0.25, 0.3) is 0 Å². The third-order valence-corrected chi connectivity index (χ3v) is 5.65. The van der Waals surface area contributed by atoms with E-state index in [-0.39, 0.29) is 0 Å². The molecular formula is C27H31NO3. The number of hydrogen-bond acceptors (Lipinski definition) is 4. The van der Waals surface area contributed by atoms with Crippen LogP contribution in [0.5, 0.6) is 0 Å². The highest BCUT2D eigenvalue weighted by Gasteiger charge is 2.49.